The first-order valence-electron chi connectivity index (χ1n) is 7.20. The fourth-order valence-corrected chi connectivity index (χ4v) is 2.35. The molecule has 0 aliphatic carbocycles. The Bertz CT molecular complexity index is 758. The van der Waals surface area contributed by atoms with E-state index in [1.807, 2.05) is 17.8 Å². The number of imidazole rings is 1. The molecule has 0 amide bonds. The molecule has 4 heteroatoms. The molecule has 1 heterocycles. The van der Waals surface area contributed by atoms with E-state index >= 15 is 0 Å². The van der Waals surface area contributed by atoms with E-state index in [2.05, 4.69) is 41.5 Å². The van der Waals surface area contributed by atoms with E-state index in [0.29, 0.717) is 6.54 Å². The molecule has 0 aliphatic rings. The van der Waals surface area contributed by atoms with Gasteiger partial charge in [0.25, 0.3) is 0 Å². The largest absolute Gasteiger partial charge is 0.352 e. The molecule has 3 aromatic rings. The average molecular weight is 295 g/mol. The predicted octanol–water partition coefficient (Wildman–Crippen LogP) is 4.15. The lowest BCUT2D eigenvalue weighted by molar-refractivity contribution is 0.627. The first-order chi connectivity index (χ1) is 10.6. The highest BCUT2D eigenvalue weighted by molar-refractivity contribution is 5.61. The van der Waals surface area contributed by atoms with Crippen molar-refractivity contribution in [2.24, 2.45) is 7.05 Å². The molecule has 0 bridgehead atoms. The molecule has 112 valence electrons. The van der Waals surface area contributed by atoms with Crippen LogP contribution < -0.4 is 5.32 Å². The second kappa shape index (κ2) is 6.02. The minimum absolute atomic E-state index is 0.220. The maximum absolute atomic E-state index is 12.9. The lowest BCUT2D eigenvalue weighted by Gasteiger charge is -2.09. The second-order valence-electron chi connectivity index (χ2n) is 5.37. The monoisotopic (exact) mass is 295 g/mol. The highest BCUT2D eigenvalue weighted by atomic mass is 19.1. The van der Waals surface area contributed by atoms with Gasteiger partial charge in [0, 0.05) is 13.6 Å². The van der Waals surface area contributed by atoms with Crippen LogP contribution in [0.3, 0.4) is 0 Å². The number of nitrogens with one attached hydrogen (secondary N) is 1. The smallest absolute Gasteiger partial charge is 0.203 e. The summed E-state index contributed by atoms with van der Waals surface area (Å²) in [6.07, 6.45) is 1.86. The molecular formula is C18H18FN3. The Labute approximate surface area is 129 Å². The summed E-state index contributed by atoms with van der Waals surface area (Å²) in [5, 5.41) is 3.28. The summed E-state index contributed by atoms with van der Waals surface area (Å²) in [5.41, 5.74) is 4.44. The van der Waals surface area contributed by atoms with Gasteiger partial charge in [0.05, 0.1) is 11.9 Å². The highest BCUT2D eigenvalue weighted by Gasteiger charge is 2.08. The van der Waals surface area contributed by atoms with E-state index in [0.717, 1.165) is 22.8 Å². The van der Waals surface area contributed by atoms with E-state index in [1.165, 1.54) is 17.7 Å². The lowest BCUT2D eigenvalue weighted by atomic mass is 10.1. The summed E-state index contributed by atoms with van der Waals surface area (Å²) in [6, 6.07) is 14.8. The summed E-state index contributed by atoms with van der Waals surface area (Å²) >= 11 is 0. The van der Waals surface area contributed by atoms with Crippen LogP contribution in [0.2, 0.25) is 0 Å². The van der Waals surface area contributed by atoms with Crippen molar-refractivity contribution in [1.82, 2.24) is 9.55 Å². The van der Waals surface area contributed by atoms with E-state index in [9.17, 15) is 4.39 Å². The lowest BCUT2D eigenvalue weighted by Crippen LogP contribution is -2.05. The minimum Gasteiger partial charge on any atom is -0.352 e. The summed E-state index contributed by atoms with van der Waals surface area (Å²) in [6.45, 7) is 2.68. The Morgan fingerprint density at radius 2 is 1.73 bits per heavy atom. The van der Waals surface area contributed by atoms with Crippen molar-refractivity contribution >= 4 is 5.95 Å². The Morgan fingerprint density at radius 1 is 1.05 bits per heavy atom. The number of halogens is 1. The van der Waals surface area contributed by atoms with Gasteiger partial charge in [-0.3, -0.25) is 0 Å². The van der Waals surface area contributed by atoms with E-state index in [4.69, 9.17) is 0 Å². The predicted molar refractivity (Wildman–Crippen MR) is 87.1 cm³/mol. The van der Waals surface area contributed by atoms with E-state index in [-0.39, 0.29) is 5.82 Å². The molecule has 0 spiro atoms. The van der Waals surface area contributed by atoms with E-state index in [1.54, 1.807) is 12.1 Å². The quantitative estimate of drug-likeness (QED) is 0.783. The number of hydrogen-bond donors (Lipinski definition) is 1. The molecule has 0 saturated carbocycles. The van der Waals surface area contributed by atoms with Gasteiger partial charge in [-0.2, -0.15) is 0 Å². The Hall–Kier alpha value is -2.62. The summed E-state index contributed by atoms with van der Waals surface area (Å²) in [4.78, 5) is 4.42. The van der Waals surface area contributed by atoms with Crippen molar-refractivity contribution in [2.45, 2.75) is 13.5 Å². The molecule has 0 radical (unpaired) electrons. The molecule has 0 fully saturated rings. The van der Waals surface area contributed by atoms with E-state index < -0.39 is 0 Å². The van der Waals surface area contributed by atoms with Gasteiger partial charge in [0.2, 0.25) is 5.95 Å². The molecule has 0 aliphatic heterocycles. The third-order valence-corrected chi connectivity index (χ3v) is 3.70. The van der Waals surface area contributed by atoms with Crippen molar-refractivity contribution in [1.29, 1.82) is 0 Å². The van der Waals surface area contributed by atoms with Crippen molar-refractivity contribution < 1.29 is 4.39 Å². The fraction of sp³-hybridized carbons (Fsp3) is 0.167. The average Bonchev–Trinajstić information content (AvgIpc) is 2.89. The highest BCUT2D eigenvalue weighted by Crippen LogP contribution is 2.22. The van der Waals surface area contributed by atoms with Gasteiger partial charge >= 0.3 is 0 Å². The van der Waals surface area contributed by atoms with Crippen LogP contribution in [-0.2, 0) is 13.6 Å². The van der Waals surface area contributed by atoms with Gasteiger partial charge in [0.1, 0.15) is 5.82 Å². The van der Waals surface area contributed by atoms with Crippen LogP contribution in [0.15, 0.2) is 54.7 Å². The molecule has 2 aromatic carbocycles. The zero-order chi connectivity index (χ0) is 15.5. The minimum atomic E-state index is -0.220. The first kappa shape index (κ1) is 14.3. The van der Waals surface area contributed by atoms with Crippen LogP contribution in [0.1, 0.15) is 11.1 Å². The normalized spacial score (nSPS) is 10.7. The molecule has 0 atom stereocenters. The van der Waals surface area contributed by atoms with Crippen molar-refractivity contribution in [3.8, 4) is 11.3 Å². The third-order valence-electron chi connectivity index (χ3n) is 3.70. The van der Waals surface area contributed by atoms with Gasteiger partial charge in [0.15, 0.2) is 0 Å². The third kappa shape index (κ3) is 3.01. The molecule has 0 saturated heterocycles. The zero-order valence-corrected chi connectivity index (χ0v) is 12.7. The molecule has 0 unspecified atom stereocenters. The zero-order valence-electron chi connectivity index (χ0n) is 12.7. The number of benzene rings is 2. The Morgan fingerprint density at radius 3 is 2.41 bits per heavy atom. The fourth-order valence-electron chi connectivity index (χ4n) is 2.35. The summed E-state index contributed by atoms with van der Waals surface area (Å²) < 4.78 is 14.9. The number of aromatic nitrogens is 2. The van der Waals surface area contributed by atoms with Gasteiger partial charge in [-0.25, -0.2) is 9.37 Å². The number of nitrogens with zero attached hydrogens (tertiary/aromatic N) is 2. The standard InChI is InChI=1S/C18H18FN3/c1-13-3-7-15(8-4-13)17-12-21-18(22(17)2)20-11-14-5-9-16(19)10-6-14/h3-10,12H,11H2,1-2H3,(H,20,21). The first-order valence-corrected chi connectivity index (χ1v) is 7.20. The molecule has 1 N–H and O–H groups in total. The van der Waals surface area contributed by atoms with Crippen molar-refractivity contribution in [2.75, 3.05) is 5.32 Å². The number of hydrogen-bond acceptors (Lipinski definition) is 2. The Balaban J connectivity index is 1.75. The topological polar surface area (TPSA) is 29.9 Å². The number of aryl methyl sites for hydroxylation is 1. The molecular weight excluding hydrogens is 277 g/mol. The van der Waals surface area contributed by atoms with Gasteiger partial charge in [-0.05, 0) is 30.2 Å². The second-order valence-corrected chi connectivity index (χ2v) is 5.37. The van der Waals surface area contributed by atoms with Gasteiger partial charge in [-0.15, -0.1) is 0 Å². The van der Waals surface area contributed by atoms with Crippen LogP contribution in [0.25, 0.3) is 11.3 Å². The number of rotatable bonds is 4. The summed E-state index contributed by atoms with van der Waals surface area (Å²) in [7, 11) is 1.98. The molecule has 1 aromatic heterocycles. The number of anilines is 1. The molecule has 3 rings (SSSR count). The van der Waals surface area contributed by atoms with Crippen molar-refractivity contribution in [3.05, 3.63) is 71.7 Å². The van der Waals surface area contributed by atoms with Crippen LogP contribution in [0, 0.1) is 12.7 Å². The van der Waals surface area contributed by atoms with Gasteiger partial charge in [-0.1, -0.05) is 42.0 Å². The summed E-state index contributed by atoms with van der Waals surface area (Å²) in [5.74, 6) is 0.572. The van der Waals surface area contributed by atoms with Crippen LogP contribution in [-0.4, -0.2) is 9.55 Å². The SMILES string of the molecule is Cc1ccc(-c2cnc(NCc3ccc(F)cc3)n2C)cc1. The van der Waals surface area contributed by atoms with Gasteiger partial charge < -0.3 is 9.88 Å². The van der Waals surface area contributed by atoms with Crippen molar-refractivity contribution in [3.63, 3.8) is 0 Å². The Kier molecular flexibility index (Phi) is 3.92. The molecule has 3 nitrogen and oxygen atoms in total. The molecule has 22 heavy (non-hydrogen) atoms. The maximum atomic E-state index is 12.9. The maximum Gasteiger partial charge on any atom is 0.203 e. The van der Waals surface area contributed by atoms with Crippen LogP contribution >= 0.6 is 0 Å². The van der Waals surface area contributed by atoms with Crippen LogP contribution in [0.4, 0.5) is 10.3 Å². The van der Waals surface area contributed by atoms with Crippen LogP contribution in [0.5, 0.6) is 0 Å².